The second-order valence-corrected chi connectivity index (χ2v) is 4.31. The van der Waals surface area contributed by atoms with Crippen LogP contribution in [0.15, 0.2) is 42.5 Å². The molecule has 0 bridgehead atoms. The smallest absolute Gasteiger partial charge is 0.269 e. The van der Waals surface area contributed by atoms with Crippen molar-refractivity contribution in [1.29, 1.82) is 0 Å². The van der Waals surface area contributed by atoms with E-state index in [-0.39, 0.29) is 10.6 Å². The molecule has 0 fully saturated rings. The van der Waals surface area contributed by atoms with Crippen molar-refractivity contribution in [2.45, 2.75) is 6.42 Å². The molecule has 18 heavy (non-hydrogen) atoms. The minimum Gasteiger partial charge on any atom is -0.384 e. The van der Waals surface area contributed by atoms with Gasteiger partial charge in [-0.3, -0.25) is 10.1 Å². The molecular weight excluding hydrogens is 228 g/mol. The SMILES string of the molecule is O=[N+]([O-])c1ccc(-c2cccc3c2CCN3)cc1. The molecule has 1 aliphatic heterocycles. The highest BCUT2D eigenvalue weighted by Gasteiger charge is 2.15. The molecule has 2 aromatic rings. The van der Waals surface area contributed by atoms with Gasteiger partial charge >= 0.3 is 0 Å². The first-order chi connectivity index (χ1) is 8.75. The Labute approximate surface area is 104 Å². The number of hydrogen-bond donors (Lipinski definition) is 1. The molecule has 0 amide bonds. The number of nitrogens with zero attached hydrogens (tertiary/aromatic N) is 1. The quantitative estimate of drug-likeness (QED) is 0.647. The Kier molecular flexibility index (Phi) is 2.48. The third-order valence-corrected chi connectivity index (χ3v) is 3.26. The second kappa shape index (κ2) is 4.14. The fraction of sp³-hybridized carbons (Fsp3) is 0.143. The van der Waals surface area contributed by atoms with Crippen LogP contribution in [-0.4, -0.2) is 11.5 Å². The Morgan fingerprint density at radius 1 is 1.11 bits per heavy atom. The van der Waals surface area contributed by atoms with Gasteiger partial charge in [-0.05, 0) is 41.3 Å². The minimum atomic E-state index is -0.374. The van der Waals surface area contributed by atoms with E-state index in [0.717, 1.165) is 24.1 Å². The van der Waals surface area contributed by atoms with E-state index in [4.69, 9.17) is 0 Å². The van der Waals surface area contributed by atoms with Gasteiger partial charge in [-0.2, -0.15) is 0 Å². The van der Waals surface area contributed by atoms with Crippen LogP contribution in [-0.2, 0) is 6.42 Å². The van der Waals surface area contributed by atoms with Crippen LogP contribution in [0.2, 0.25) is 0 Å². The van der Waals surface area contributed by atoms with Crippen LogP contribution >= 0.6 is 0 Å². The van der Waals surface area contributed by atoms with Crippen LogP contribution in [0.4, 0.5) is 11.4 Å². The largest absolute Gasteiger partial charge is 0.384 e. The van der Waals surface area contributed by atoms with Crippen LogP contribution in [0, 0.1) is 10.1 Å². The molecular formula is C14H12N2O2. The molecule has 3 rings (SSSR count). The summed E-state index contributed by atoms with van der Waals surface area (Å²) in [7, 11) is 0. The van der Waals surface area contributed by atoms with Gasteiger partial charge < -0.3 is 5.32 Å². The van der Waals surface area contributed by atoms with Gasteiger partial charge in [-0.1, -0.05) is 12.1 Å². The molecule has 90 valence electrons. The van der Waals surface area contributed by atoms with E-state index in [1.165, 1.54) is 11.3 Å². The summed E-state index contributed by atoms with van der Waals surface area (Å²) in [6.45, 7) is 0.958. The van der Waals surface area contributed by atoms with E-state index in [9.17, 15) is 10.1 Å². The highest BCUT2D eigenvalue weighted by atomic mass is 16.6. The maximum atomic E-state index is 10.6. The summed E-state index contributed by atoms with van der Waals surface area (Å²) in [5.74, 6) is 0. The number of benzene rings is 2. The average Bonchev–Trinajstić information content (AvgIpc) is 2.87. The normalized spacial score (nSPS) is 12.9. The third kappa shape index (κ3) is 1.72. The summed E-state index contributed by atoms with van der Waals surface area (Å²) >= 11 is 0. The number of non-ortho nitro benzene ring substituents is 1. The summed E-state index contributed by atoms with van der Waals surface area (Å²) in [4.78, 5) is 10.3. The van der Waals surface area contributed by atoms with Crippen molar-refractivity contribution in [2.24, 2.45) is 0 Å². The van der Waals surface area contributed by atoms with E-state index in [1.807, 2.05) is 18.2 Å². The van der Waals surface area contributed by atoms with Crippen molar-refractivity contribution >= 4 is 11.4 Å². The number of fused-ring (bicyclic) bond motifs is 1. The Morgan fingerprint density at radius 2 is 1.89 bits per heavy atom. The van der Waals surface area contributed by atoms with Gasteiger partial charge in [0, 0.05) is 24.4 Å². The predicted octanol–water partition coefficient (Wildman–Crippen LogP) is 3.23. The number of hydrogen-bond acceptors (Lipinski definition) is 3. The predicted molar refractivity (Wildman–Crippen MR) is 70.7 cm³/mol. The first-order valence-corrected chi connectivity index (χ1v) is 5.86. The van der Waals surface area contributed by atoms with Crippen molar-refractivity contribution in [2.75, 3.05) is 11.9 Å². The molecule has 0 saturated heterocycles. The molecule has 0 radical (unpaired) electrons. The molecule has 1 aliphatic rings. The molecule has 0 spiro atoms. The van der Waals surface area contributed by atoms with Gasteiger partial charge in [-0.25, -0.2) is 0 Å². The molecule has 2 aromatic carbocycles. The Balaban J connectivity index is 2.05. The summed E-state index contributed by atoms with van der Waals surface area (Å²) < 4.78 is 0. The first kappa shape index (κ1) is 10.8. The molecule has 4 heteroatoms. The van der Waals surface area contributed by atoms with Crippen LogP contribution in [0.3, 0.4) is 0 Å². The lowest BCUT2D eigenvalue weighted by Gasteiger charge is -2.07. The zero-order valence-corrected chi connectivity index (χ0v) is 9.72. The van der Waals surface area contributed by atoms with Crippen molar-refractivity contribution in [3.8, 4) is 11.1 Å². The van der Waals surface area contributed by atoms with Crippen molar-refractivity contribution in [1.82, 2.24) is 0 Å². The number of anilines is 1. The van der Waals surface area contributed by atoms with Gasteiger partial charge in [0.05, 0.1) is 4.92 Å². The fourth-order valence-corrected chi connectivity index (χ4v) is 2.38. The fourth-order valence-electron chi connectivity index (χ4n) is 2.38. The summed E-state index contributed by atoms with van der Waals surface area (Å²) in [6.07, 6.45) is 1.00. The molecule has 1 N–H and O–H groups in total. The summed E-state index contributed by atoms with van der Waals surface area (Å²) in [5.41, 5.74) is 4.79. The molecule has 0 aliphatic carbocycles. The van der Waals surface area contributed by atoms with Crippen LogP contribution in [0.5, 0.6) is 0 Å². The maximum Gasteiger partial charge on any atom is 0.269 e. The lowest BCUT2D eigenvalue weighted by molar-refractivity contribution is -0.384. The van der Waals surface area contributed by atoms with Crippen LogP contribution in [0.25, 0.3) is 11.1 Å². The number of nitrogens with one attached hydrogen (secondary N) is 1. The van der Waals surface area contributed by atoms with Crippen LogP contribution in [0.1, 0.15) is 5.56 Å². The summed E-state index contributed by atoms with van der Waals surface area (Å²) in [6, 6.07) is 12.9. The number of nitro benzene ring substituents is 1. The van der Waals surface area contributed by atoms with E-state index in [2.05, 4.69) is 17.4 Å². The van der Waals surface area contributed by atoms with Gasteiger partial charge in [-0.15, -0.1) is 0 Å². The Hall–Kier alpha value is -2.36. The second-order valence-electron chi connectivity index (χ2n) is 4.31. The maximum absolute atomic E-state index is 10.6. The van der Waals surface area contributed by atoms with Gasteiger partial charge in [0.1, 0.15) is 0 Å². The minimum absolute atomic E-state index is 0.129. The molecule has 0 atom stereocenters. The highest BCUT2D eigenvalue weighted by molar-refractivity contribution is 5.76. The topological polar surface area (TPSA) is 55.2 Å². The van der Waals surface area contributed by atoms with Crippen LogP contribution < -0.4 is 5.32 Å². The molecule has 0 saturated carbocycles. The highest BCUT2D eigenvalue weighted by Crippen LogP contribution is 2.33. The Bertz CT molecular complexity index is 606. The van der Waals surface area contributed by atoms with E-state index in [0.29, 0.717) is 0 Å². The zero-order valence-electron chi connectivity index (χ0n) is 9.72. The van der Waals surface area contributed by atoms with Crippen molar-refractivity contribution < 1.29 is 4.92 Å². The summed E-state index contributed by atoms with van der Waals surface area (Å²) in [5, 5.41) is 14.0. The monoisotopic (exact) mass is 240 g/mol. The zero-order chi connectivity index (χ0) is 12.5. The van der Waals surface area contributed by atoms with Gasteiger partial charge in [0.25, 0.3) is 5.69 Å². The molecule has 0 aromatic heterocycles. The lowest BCUT2D eigenvalue weighted by atomic mass is 9.98. The average molecular weight is 240 g/mol. The van der Waals surface area contributed by atoms with Gasteiger partial charge in [0.15, 0.2) is 0 Å². The van der Waals surface area contributed by atoms with E-state index in [1.54, 1.807) is 12.1 Å². The molecule has 0 unspecified atom stereocenters. The number of rotatable bonds is 2. The van der Waals surface area contributed by atoms with E-state index >= 15 is 0 Å². The van der Waals surface area contributed by atoms with Crippen molar-refractivity contribution in [3.63, 3.8) is 0 Å². The van der Waals surface area contributed by atoms with Gasteiger partial charge in [0.2, 0.25) is 0 Å². The Morgan fingerprint density at radius 3 is 2.61 bits per heavy atom. The van der Waals surface area contributed by atoms with Crippen molar-refractivity contribution in [3.05, 3.63) is 58.1 Å². The number of nitro groups is 1. The molecule has 1 heterocycles. The third-order valence-electron chi connectivity index (χ3n) is 3.26. The lowest BCUT2D eigenvalue weighted by Crippen LogP contribution is -1.90. The first-order valence-electron chi connectivity index (χ1n) is 5.86. The molecule has 4 nitrogen and oxygen atoms in total. The standard InChI is InChI=1S/C14H12N2O2/c17-16(18)11-6-4-10(5-7-11)12-2-1-3-14-13(12)8-9-15-14/h1-7,15H,8-9H2. The van der Waals surface area contributed by atoms with E-state index < -0.39 is 0 Å².